The van der Waals surface area contributed by atoms with E-state index >= 15 is 0 Å². The molecule has 1 aromatic carbocycles. The highest BCUT2D eigenvalue weighted by atomic mass is 16.5. The van der Waals surface area contributed by atoms with E-state index in [1.165, 1.54) is 12.8 Å². The van der Waals surface area contributed by atoms with E-state index in [0.717, 1.165) is 0 Å². The standard InChI is InChI=1S/C11H14.C7H10O/c1-11(2)7-9-5-3-4-6-10(9)8-11;1-7(2)5-3-4-6-8-7/h3-6H,7-8H2,1-2H3;3-6H,1-2H3. The van der Waals surface area contributed by atoms with E-state index in [0.29, 0.717) is 5.41 Å². The van der Waals surface area contributed by atoms with Gasteiger partial charge in [0.05, 0.1) is 6.26 Å². The highest BCUT2D eigenvalue weighted by Gasteiger charge is 2.27. The second-order valence-electron chi connectivity index (χ2n) is 6.70. The average molecular weight is 256 g/mol. The second-order valence-corrected chi connectivity index (χ2v) is 6.70. The van der Waals surface area contributed by atoms with Gasteiger partial charge in [-0.05, 0) is 55.4 Å². The second kappa shape index (κ2) is 5.24. The molecule has 0 saturated carbocycles. The van der Waals surface area contributed by atoms with Crippen LogP contribution in [0.3, 0.4) is 0 Å². The van der Waals surface area contributed by atoms with Gasteiger partial charge in [0.2, 0.25) is 0 Å². The first-order chi connectivity index (χ1) is 8.88. The first kappa shape index (κ1) is 13.9. The Hall–Kier alpha value is -1.50. The van der Waals surface area contributed by atoms with Gasteiger partial charge in [0.15, 0.2) is 0 Å². The van der Waals surface area contributed by atoms with Crippen molar-refractivity contribution in [1.29, 1.82) is 0 Å². The Morgan fingerprint density at radius 2 is 1.47 bits per heavy atom. The van der Waals surface area contributed by atoms with Crippen LogP contribution in [0.5, 0.6) is 0 Å². The summed E-state index contributed by atoms with van der Waals surface area (Å²) in [4.78, 5) is 0. The summed E-state index contributed by atoms with van der Waals surface area (Å²) in [7, 11) is 0. The molecule has 0 bridgehead atoms. The average Bonchev–Trinajstić information content (AvgIpc) is 2.63. The molecule has 0 spiro atoms. The number of hydrogen-bond donors (Lipinski definition) is 0. The smallest absolute Gasteiger partial charge is 0.121 e. The summed E-state index contributed by atoms with van der Waals surface area (Å²) in [6.45, 7) is 8.72. The zero-order valence-corrected chi connectivity index (χ0v) is 12.4. The molecule has 0 amide bonds. The highest BCUT2D eigenvalue weighted by Crippen LogP contribution is 2.35. The molecule has 0 saturated heterocycles. The van der Waals surface area contributed by atoms with Gasteiger partial charge in [0.25, 0.3) is 0 Å². The first-order valence-electron chi connectivity index (χ1n) is 6.97. The summed E-state index contributed by atoms with van der Waals surface area (Å²) < 4.78 is 5.20. The third-order valence-electron chi connectivity index (χ3n) is 3.52. The molecule has 0 atom stereocenters. The van der Waals surface area contributed by atoms with E-state index in [4.69, 9.17) is 4.74 Å². The number of benzene rings is 1. The Labute approximate surface area is 117 Å². The van der Waals surface area contributed by atoms with Gasteiger partial charge in [-0.1, -0.05) is 44.2 Å². The molecule has 1 heterocycles. The van der Waals surface area contributed by atoms with Gasteiger partial charge in [-0.25, -0.2) is 0 Å². The fourth-order valence-electron chi connectivity index (χ4n) is 2.58. The van der Waals surface area contributed by atoms with Crippen LogP contribution in [0.4, 0.5) is 0 Å². The largest absolute Gasteiger partial charge is 0.491 e. The quantitative estimate of drug-likeness (QED) is 0.655. The van der Waals surface area contributed by atoms with E-state index in [1.54, 1.807) is 17.4 Å². The van der Waals surface area contributed by atoms with Crippen molar-refractivity contribution in [2.24, 2.45) is 5.41 Å². The molecule has 0 fully saturated rings. The van der Waals surface area contributed by atoms with Gasteiger partial charge in [-0.3, -0.25) is 0 Å². The van der Waals surface area contributed by atoms with Crippen molar-refractivity contribution in [3.05, 3.63) is 59.9 Å². The molecule has 0 unspecified atom stereocenters. The van der Waals surface area contributed by atoms with Gasteiger partial charge >= 0.3 is 0 Å². The molecule has 1 aromatic rings. The lowest BCUT2D eigenvalue weighted by Gasteiger charge is -2.21. The minimum absolute atomic E-state index is 0.0885. The summed E-state index contributed by atoms with van der Waals surface area (Å²) in [5.41, 5.74) is 3.52. The van der Waals surface area contributed by atoms with Crippen LogP contribution in [0.1, 0.15) is 38.8 Å². The molecule has 0 N–H and O–H groups in total. The molecular formula is C18H24O. The normalized spacial score (nSPS) is 21.1. The van der Waals surface area contributed by atoms with Crippen molar-refractivity contribution < 1.29 is 4.74 Å². The van der Waals surface area contributed by atoms with E-state index < -0.39 is 0 Å². The fraction of sp³-hybridized carbons (Fsp3) is 0.444. The fourth-order valence-corrected chi connectivity index (χ4v) is 2.58. The van der Waals surface area contributed by atoms with Crippen LogP contribution in [0, 0.1) is 5.41 Å². The maximum atomic E-state index is 5.20. The van der Waals surface area contributed by atoms with Gasteiger partial charge in [0.1, 0.15) is 5.60 Å². The van der Waals surface area contributed by atoms with Crippen LogP contribution in [0.25, 0.3) is 0 Å². The molecule has 0 radical (unpaired) electrons. The van der Waals surface area contributed by atoms with E-state index in [9.17, 15) is 0 Å². The number of hydrogen-bond acceptors (Lipinski definition) is 1. The third-order valence-corrected chi connectivity index (χ3v) is 3.52. The Balaban J connectivity index is 0.000000148. The minimum Gasteiger partial charge on any atom is -0.491 e. The van der Waals surface area contributed by atoms with Crippen molar-refractivity contribution in [1.82, 2.24) is 0 Å². The number of ether oxygens (including phenoxy) is 1. The van der Waals surface area contributed by atoms with Crippen LogP contribution in [0.15, 0.2) is 48.8 Å². The lowest BCUT2D eigenvalue weighted by Crippen LogP contribution is -2.19. The molecule has 3 rings (SSSR count). The third kappa shape index (κ3) is 3.99. The highest BCUT2D eigenvalue weighted by molar-refractivity contribution is 5.33. The van der Waals surface area contributed by atoms with Crippen molar-refractivity contribution in [3.8, 4) is 0 Å². The molecule has 102 valence electrons. The molecule has 1 aliphatic heterocycles. The van der Waals surface area contributed by atoms with E-state index in [-0.39, 0.29) is 5.60 Å². The monoisotopic (exact) mass is 256 g/mol. The molecule has 0 aromatic heterocycles. The molecule has 1 heteroatoms. The zero-order chi connectivity index (χ0) is 13.9. The summed E-state index contributed by atoms with van der Waals surface area (Å²) in [5.74, 6) is 0. The summed E-state index contributed by atoms with van der Waals surface area (Å²) >= 11 is 0. The van der Waals surface area contributed by atoms with Crippen LogP contribution >= 0.6 is 0 Å². The lowest BCUT2D eigenvalue weighted by atomic mass is 9.90. The summed E-state index contributed by atoms with van der Waals surface area (Å²) in [6, 6.07) is 8.79. The molecular weight excluding hydrogens is 232 g/mol. The van der Waals surface area contributed by atoms with Gasteiger partial charge in [0, 0.05) is 0 Å². The number of rotatable bonds is 0. The molecule has 19 heavy (non-hydrogen) atoms. The topological polar surface area (TPSA) is 9.23 Å². The Bertz CT molecular complexity index is 465. The Morgan fingerprint density at radius 3 is 1.84 bits per heavy atom. The van der Waals surface area contributed by atoms with Gasteiger partial charge in [-0.15, -0.1) is 0 Å². The van der Waals surface area contributed by atoms with Crippen molar-refractivity contribution >= 4 is 0 Å². The predicted octanol–water partition coefficient (Wildman–Crippen LogP) is 4.68. The van der Waals surface area contributed by atoms with E-state index in [1.807, 2.05) is 32.1 Å². The Kier molecular flexibility index (Phi) is 3.84. The molecule has 1 aliphatic carbocycles. The summed E-state index contributed by atoms with van der Waals surface area (Å²) in [5, 5.41) is 0. The van der Waals surface area contributed by atoms with Crippen LogP contribution in [0.2, 0.25) is 0 Å². The van der Waals surface area contributed by atoms with Gasteiger partial charge < -0.3 is 4.74 Å². The van der Waals surface area contributed by atoms with E-state index in [2.05, 4.69) is 38.1 Å². The first-order valence-corrected chi connectivity index (χ1v) is 6.97. The van der Waals surface area contributed by atoms with Crippen molar-refractivity contribution in [2.75, 3.05) is 0 Å². The maximum absolute atomic E-state index is 5.20. The van der Waals surface area contributed by atoms with Crippen LogP contribution < -0.4 is 0 Å². The minimum atomic E-state index is -0.0885. The maximum Gasteiger partial charge on any atom is 0.121 e. The Morgan fingerprint density at radius 1 is 0.895 bits per heavy atom. The number of allylic oxidation sites excluding steroid dienone is 2. The summed E-state index contributed by atoms with van der Waals surface area (Å²) in [6.07, 6.45) is 10.1. The predicted molar refractivity (Wildman–Crippen MR) is 81.1 cm³/mol. The molecule has 1 nitrogen and oxygen atoms in total. The number of fused-ring (bicyclic) bond motifs is 1. The van der Waals surface area contributed by atoms with Gasteiger partial charge in [-0.2, -0.15) is 0 Å². The lowest BCUT2D eigenvalue weighted by molar-refractivity contribution is 0.102. The zero-order valence-electron chi connectivity index (χ0n) is 12.4. The van der Waals surface area contributed by atoms with Crippen LogP contribution in [-0.2, 0) is 17.6 Å². The SMILES string of the molecule is CC1(C)C=CC=CO1.CC1(C)Cc2ccccc2C1. The van der Waals surface area contributed by atoms with Crippen molar-refractivity contribution in [2.45, 2.75) is 46.1 Å². The van der Waals surface area contributed by atoms with Crippen LogP contribution in [-0.4, -0.2) is 5.60 Å². The molecule has 2 aliphatic rings. The van der Waals surface area contributed by atoms with Crippen molar-refractivity contribution in [3.63, 3.8) is 0 Å².